The van der Waals surface area contributed by atoms with Crippen LogP contribution in [0.15, 0.2) is 42.5 Å². The lowest BCUT2D eigenvalue weighted by atomic mass is 10.0. The van der Waals surface area contributed by atoms with Crippen molar-refractivity contribution in [1.29, 1.82) is 0 Å². The number of nitrogens with zero attached hydrogens (tertiary/aromatic N) is 2. The molecule has 0 unspecified atom stereocenters. The van der Waals surface area contributed by atoms with E-state index in [0.717, 1.165) is 61.3 Å². The molecule has 0 aliphatic carbocycles. The SMILES string of the molecule is CCOC(=O)Nc1ccc2c(c1)N(C(=O)[C@@H](C)N1CCCC1)c1ccccc1CC2. The van der Waals surface area contributed by atoms with Crippen molar-refractivity contribution in [2.75, 3.05) is 29.9 Å². The summed E-state index contributed by atoms with van der Waals surface area (Å²) in [6, 6.07) is 13.7. The second-order valence-corrected chi connectivity index (χ2v) is 7.91. The number of benzene rings is 2. The van der Waals surface area contributed by atoms with Crippen LogP contribution in [0.1, 0.15) is 37.8 Å². The Morgan fingerprint density at radius 1 is 1.03 bits per heavy atom. The zero-order valence-electron chi connectivity index (χ0n) is 17.7. The molecule has 2 aromatic carbocycles. The van der Waals surface area contributed by atoms with E-state index in [1.165, 1.54) is 0 Å². The summed E-state index contributed by atoms with van der Waals surface area (Å²) < 4.78 is 5.01. The fourth-order valence-electron chi connectivity index (χ4n) is 4.40. The highest BCUT2D eigenvalue weighted by Gasteiger charge is 2.32. The van der Waals surface area contributed by atoms with Gasteiger partial charge >= 0.3 is 6.09 Å². The van der Waals surface area contributed by atoms with Gasteiger partial charge in [-0.2, -0.15) is 0 Å². The third kappa shape index (κ3) is 4.05. The molecule has 1 N–H and O–H groups in total. The lowest BCUT2D eigenvalue weighted by Gasteiger charge is -2.31. The highest BCUT2D eigenvalue weighted by molar-refractivity contribution is 6.05. The van der Waals surface area contributed by atoms with Gasteiger partial charge in [0.1, 0.15) is 0 Å². The van der Waals surface area contributed by atoms with Gasteiger partial charge in [-0.15, -0.1) is 0 Å². The van der Waals surface area contributed by atoms with Crippen LogP contribution in [-0.4, -0.2) is 42.6 Å². The van der Waals surface area contributed by atoms with E-state index in [9.17, 15) is 9.59 Å². The number of hydrogen-bond acceptors (Lipinski definition) is 4. The molecule has 0 aromatic heterocycles. The van der Waals surface area contributed by atoms with Crippen LogP contribution in [0, 0.1) is 0 Å². The molecule has 0 spiro atoms. The molecule has 30 heavy (non-hydrogen) atoms. The van der Waals surface area contributed by atoms with Gasteiger partial charge in [-0.3, -0.25) is 19.9 Å². The number of likely N-dealkylation sites (tertiary alicyclic amines) is 1. The second-order valence-electron chi connectivity index (χ2n) is 7.91. The van der Waals surface area contributed by atoms with Crippen LogP contribution >= 0.6 is 0 Å². The normalized spacial score (nSPS) is 16.9. The van der Waals surface area contributed by atoms with Crippen molar-refractivity contribution in [3.8, 4) is 0 Å². The highest BCUT2D eigenvalue weighted by atomic mass is 16.5. The van der Waals surface area contributed by atoms with Crippen LogP contribution in [0.25, 0.3) is 0 Å². The first-order chi connectivity index (χ1) is 14.6. The summed E-state index contributed by atoms with van der Waals surface area (Å²) in [4.78, 5) is 29.8. The highest BCUT2D eigenvalue weighted by Crippen LogP contribution is 2.38. The Morgan fingerprint density at radius 2 is 1.73 bits per heavy atom. The molecule has 2 heterocycles. The molecule has 6 heteroatoms. The molecule has 2 aliphatic heterocycles. The Balaban J connectivity index is 1.75. The molecule has 2 amide bonds. The van der Waals surface area contributed by atoms with Gasteiger partial charge in [0.2, 0.25) is 5.91 Å². The fourth-order valence-corrected chi connectivity index (χ4v) is 4.40. The molecular weight excluding hydrogens is 378 g/mol. The minimum Gasteiger partial charge on any atom is -0.450 e. The van der Waals surface area contributed by atoms with Crippen molar-refractivity contribution in [3.05, 3.63) is 53.6 Å². The van der Waals surface area contributed by atoms with Crippen LogP contribution in [0.4, 0.5) is 21.9 Å². The molecule has 0 radical (unpaired) electrons. The number of rotatable bonds is 4. The van der Waals surface area contributed by atoms with Crippen molar-refractivity contribution in [2.24, 2.45) is 0 Å². The number of carbonyl (C=O) groups excluding carboxylic acids is 2. The van der Waals surface area contributed by atoms with Gasteiger partial charge in [-0.05, 0) is 81.9 Å². The molecule has 1 atom stereocenters. The monoisotopic (exact) mass is 407 g/mol. The molecule has 0 saturated carbocycles. The Labute approximate surface area is 177 Å². The largest absolute Gasteiger partial charge is 0.450 e. The van der Waals surface area contributed by atoms with Gasteiger partial charge in [0.05, 0.1) is 24.0 Å². The van der Waals surface area contributed by atoms with E-state index >= 15 is 0 Å². The number of anilines is 3. The van der Waals surface area contributed by atoms with Gasteiger partial charge in [0.15, 0.2) is 0 Å². The van der Waals surface area contributed by atoms with E-state index in [1.807, 2.05) is 48.2 Å². The van der Waals surface area contributed by atoms with Gasteiger partial charge in [-0.25, -0.2) is 4.79 Å². The average Bonchev–Trinajstić information content (AvgIpc) is 3.23. The fraction of sp³-hybridized carbons (Fsp3) is 0.417. The van der Waals surface area contributed by atoms with E-state index in [-0.39, 0.29) is 11.9 Å². The summed E-state index contributed by atoms with van der Waals surface area (Å²) in [6.45, 7) is 6.00. The minimum absolute atomic E-state index is 0.0702. The summed E-state index contributed by atoms with van der Waals surface area (Å²) in [5.74, 6) is 0.0702. The van der Waals surface area contributed by atoms with Crippen molar-refractivity contribution in [3.63, 3.8) is 0 Å². The van der Waals surface area contributed by atoms with Crippen LogP contribution < -0.4 is 10.2 Å². The number of amides is 2. The topological polar surface area (TPSA) is 61.9 Å². The van der Waals surface area contributed by atoms with E-state index in [2.05, 4.69) is 16.3 Å². The summed E-state index contributed by atoms with van der Waals surface area (Å²) in [6.07, 6.45) is 3.50. The van der Waals surface area contributed by atoms with E-state index in [1.54, 1.807) is 6.92 Å². The van der Waals surface area contributed by atoms with Gasteiger partial charge in [0.25, 0.3) is 0 Å². The maximum absolute atomic E-state index is 13.8. The maximum Gasteiger partial charge on any atom is 0.411 e. The van der Waals surface area contributed by atoms with Gasteiger partial charge in [0, 0.05) is 5.69 Å². The van der Waals surface area contributed by atoms with Crippen LogP contribution in [0.5, 0.6) is 0 Å². The van der Waals surface area contributed by atoms with E-state index in [0.29, 0.717) is 12.3 Å². The van der Waals surface area contributed by atoms with E-state index < -0.39 is 6.09 Å². The van der Waals surface area contributed by atoms with Crippen LogP contribution in [0.3, 0.4) is 0 Å². The number of nitrogens with one attached hydrogen (secondary N) is 1. The first kappa shape index (κ1) is 20.4. The Hall–Kier alpha value is -2.86. The number of ether oxygens (including phenoxy) is 1. The third-order valence-corrected chi connectivity index (χ3v) is 6.01. The van der Waals surface area contributed by atoms with Crippen molar-refractivity contribution < 1.29 is 14.3 Å². The molecule has 6 nitrogen and oxygen atoms in total. The van der Waals surface area contributed by atoms with E-state index in [4.69, 9.17) is 4.74 Å². The van der Waals surface area contributed by atoms with Crippen molar-refractivity contribution in [2.45, 2.75) is 45.6 Å². The average molecular weight is 408 g/mol. The minimum atomic E-state index is -0.491. The zero-order valence-corrected chi connectivity index (χ0v) is 17.7. The van der Waals surface area contributed by atoms with Gasteiger partial charge < -0.3 is 4.74 Å². The van der Waals surface area contributed by atoms with Crippen LogP contribution in [-0.2, 0) is 22.4 Å². The molecule has 2 aliphatic rings. The van der Waals surface area contributed by atoms with Crippen LogP contribution in [0.2, 0.25) is 0 Å². The predicted octanol–water partition coefficient (Wildman–Crippen LogP) is 4.50. The van der Waals surface area contributed by atoms with Crippen molar-refractivity contribution in [1.82, 2.24) is 4.90 Å². The third-order valence-electron chi connectivity index (χ3n) is 6.01. The quantitative estimate of drug-likeness (QED) is 0.810. The molecule has 1 saturated heterocycles. The lowest BCUT2D eigenvalue weighted by Crippen LogP contribution is -2.44. The summed E-state index contributed by atoms with van der Waals surface area (Å²) in [7, 11) is 0. The molecule has 2 aromatic rings. The number of para-hydroxylation sites is 1. The maximum atomic E-state index is 13.8. The smallest absolute Gasteiger partial charge is 0.411 e. The predicted molar refractivity (Wildman–Crippen MR) is 118 cm³/mol. The van der Waals surface area contributed by atoms with Crippen molar-refractivity contribution >= 4 is 29.1 Å². The Kier molecular flexibility index (Phi) is 6.04. The number of fused-ring (bicyclic) bond motifs is 2. The van der Waals surface area contributed by atoms with Gasteiger partial charge in [-0.1, -0.05) is 24.3 Å². The zero-order chi connectivity index (χ0) is 21.1. The molecule has 0 bridgehead atoms. The molecule has 158 valence electrons. The second kappa shape index (κ2) is 8.88. The number of carbonyl (C=O) groups is 2. The molecule has 1 fully saturated rings. The standard InChI is InChI=1S/C24H29N3O3/c1-3-30-24(29)25-20-13-12-19-11-10-18-8-4-5-9-21(18)27(22(19)16-20)23(28)17(2)26-14-6-7-15-26/h4-5,8-9,12-13,16-17H,3,6-7,10-11,14-15H2,1-2H3,(H,25,29)/t17-/m1/s1. The molecular formula is C24H29N3O3. The Bertz CT molecular complexity index is 937. The first-order valence-corrected chi connectivity index (χ1v) is 10.8. The summed E-state index contributed by atoms with van der Waals surface area (Å²) in [5.41, 5.74) is 4.65. The summed E-state index contributed by atoms with van der Waals surface area (Å²) in [5, 5.41) is 2.77. The number of aryl methyl sites for hydroxylation is 2. The molecule has 4 rings (SSSR count). The number of hydrogen-bond donors (Lipinski definition) is 1. The first-order valence-electron chi connectivity index (χ1n) is 10.8. The summed E-state index contributed by atoms with van der Waals surface area (Å²) >= 11 is 0. The lowest BCUT2D eigenvalue weighted by molar-refractivity contribution is -0.122. The Morgan fingerprint density at radius 3 is 2.47 bits per heavy atom.